The Morgan fingerprint density at radius 2 is 2.09 bits per heavy atom. The zero-order valence-corrected chi connectivity index (χ0v) is 26.2. The number of nitrogens with zero attached hydrogens (tertiary/aromatic N) is 5. The van der Waals surface area contributed by atoms with Crippen molar-refractivity contribution in [2.24, 2.45) is 5.16 Å². The Balaban J connectivity index is 1.48. The van der Waals surface area contributed by atoms with Crippen LogP contribution < -0.4 is 32.0 Å². The summed E-state index contributed by atoms with van der Waals surface area (Å²) in [5.74, 6) is -3.50. The molecule has 4 rings (SSSR count). The van der Waals surface area contributed by atoms with E-state index in [1.54, 1.807) is 29.2 Å². The number of carbonyl (C=O) groups is 4. The third kappa shape index (κ3) is 7.49. The van der Waals surface area contributed by atoms with Gasteiger partial charge in [-0.1, -0.05) is 11.2 Å². The number of nitrogens with one attached hydrogen (secondary N) is 2. The normalized spacial score (nSPS) is 18.4. The van der Waals surface area contributed by atoms with E-state index in [9.17, 15) is 29.4 Å². The molecule has 0 aliphatic carbocycles. The standard InChI is InChI=1S/C26H32N10O7S2/c1-26(2,24(41)42)43-34-16(15-11-45-25(28)32-15)20(37)33-17-21(38)36-18(23(39)40)13(10-44-22(17)36)5-4-8-35-9-14(19(27)31-12-35)30-7-6-29-3/h4-5,9,11-12,17,22,27,29-30H,6-8,10H2,1-3H3,(H5,28,32,33,37,39,40,41,42)/p+2/b5-4+,34-16-/t17-,22?/m1/s1. The number of rotatable bonds is 14. The lowest BCUT2D eigenvalue weighted by atomic mass is 10.0. The summed E-state index contributed by atoms with van der Waals surface area (Å²) in [7, 11) is 1.96. The van der Waals surface area contributed by atoms with Crippen LogP contribution in [0, 0.1) is 0 Å². The molecule has 240 valence electrons. The summed E-state index contributed by atoms with van der Waals surface area (Å²) in [6.45, 7) is 4.41. The van der Waals surface area contributed by atoms with Gasteiger partial charge in [0.2, 0.25) is 5.60 Å². The summed E-state index contributed by atoms with van der Waals surface area (Å²) in [4.78, 5) is 64.6. The Morgan fingerprint density at radius 1 is 1.33 bits per heavy atom. The van der Waals surface area contributed by atoms with Crippen LogP contribution in [0.1, 0.15) is 19.5 Å². The zero-order chi connectivity index (χ0) is 32.9. The molecular weight excluding hydrogens is 628 g/mol. The van der Waals surface area contributed by atoms with Crippen molar-refractivity contribution < 1.29 is 44.1 Å². The van der Waals surface area contributed by atoms with Crippen LogP contribution in [-0.2, 0) is 30.6 Å². The number of likely N-dealkylation sites (N-methyl/N-ethyl adjacent to an activating group) is 1. The third-order valence-corrected chi connectivity index (χ3v) is 8.62. The van der Waals surface area contributed by atoms with E-state index >= 15 is 0 Å². The van der Waals surface area contributed by atoms with Crippen molar-refractivity contribution in [1.29, 1.82) is 0 Å². The first-order valence-electron chi connectivity index (χ1n) is 13.6. The lowest BCUT2D eigenvalue weighted by Crippen LogP contribution is -2.81. The number of thioether (sulfide) groups is 1. The second-order valence-corrected chi connectivity index (χ2v) is 12.3. The molecule has 0 spiro atoms. The number of carbonyl (C=O) groups excluding carboxylic acids is 2. The summed E-state index contributed by atoms with van der Waals surface area (Å²) in [6.07, 6.45) is 6.77. The lowest BCUT2D eigenvalue weighted by molar-refractivity contribution is -0.689. The van der Waals surface area contributed by atoms with Gasteiger partial charge in [0, 0.05) is 11.1 Å². The molecule has 1 saturated heterocycles. The van der Waals surface area contributed by atoms with Crippen molar-refractivity contribution in [2.75, 3.05) is 42.7 Å². The number of carboxylic acid groups (broad SMARTS) is 2. The Hall–Kier alpha value is -4.75. The molecule has 2 aromatic heterocycles. The summed E-state index contributed by atoms with van der Waals surface area (Å²) >= 11 is 2.30. The fourth-order valence-electron chi connectivity index (χ4n) is 4.16. The first kappa shape index (κ1) is 33.1. The predicted molar refractivity (Wildman–Crippen MR) is 165 cm³/mol. The number of allylic oxidation sites excluding steroid dienone is 2. The highest BCUT2D eigenvalue weighted by molar-refractivity contribution is 8.00. The van der Waals surface area contributed by atoms with Gasteiger partial charge in [0.15, 0.2) is 10.8 Å². The van der Waals surface area contributed by atoms with Crippen LogP contribution in [0.2, 0.25) is 0 Å². The Morgan fingerprint density at radius 3 is 2.73 bits per heavy atom. The molecule has 1 unspecified atom stereocenters. The van der Waals surface area contributed by atoms with Crippen molar-refractivity contribution in [2.45, 2.75) is 37.4 Å². The monoisotopic (exact) mass is 662 g/mol. The number of quaternary nitrogens is 1. The number of nitrogens with two attached hydrogens (primary N) is 3. The molecule has 2 amide bonds. The minimum atomic E-state index is -1.77. The van der Waals surface area contributed by atoms with Gasteiger partial charge in [-0.25, -0.2) is 19.1 Å². The maximum Gasteiger partial charge on any atom is 0.352 e. The summed E-state index contributed by atoms with van der Waals surface area (Å²) in [6, 6.07) is -1.08. The Kier molecular flexibility index (Phi) is 10.2. The second kappa shape index (κ2) is 13.9. The summed E-state index contributed by atoms with van der Waals surface area (Å²) in [5, 5.41) is 31.7. The molecule has 2 aliphatic heterocycles. The zero-order valence-electron chi connectivity index (χ0n) is 24.6. The van der Waals surface area contributed by atoms with E-state index in [0.717, 1.165) is 22.8 Å². The molecule has 4 heterocycles. The molecule has 17 nitrogen and oxygen atoms in total. The van der Waals surface area contributed by atoms with Crippen molar-refractivity contribution in [3.63, 3.8) is 0 Å². The SMILES string of the molecule is C[NH2+]CCNc1c[n+](C/C=C/C2=C(C(=O)O)N3C(=O)[C@@H](NC(=O)/C(=N\OC(C)(C)C(=O)O)c4csc(N)n4)C3SC2)cnc1N. The number of anilines is 3. The van der Waals surface area contributed by atoms with Gasteiger partial charge in [0.25, 0.3) is 24.0 Å². The first-order chi connectivity index (χ1) is 21.3. The first-order valence-corrected chi connectivity index (χ1v) is 15.5. The van der Waals surface area contributed by atoms with E-state index in [4.69, 9.17) is 16.3 Å². The van der Waals surface area contributed by atoms with Crippen molar-refractivity contribution >= 4 is 69.2 Å². The van der Waals surface area contributed by atoms with Crippen molar-refractivity contribution in [3.8, 4) is 0 Å². The van der Waals surface area contributed by atoms with E-state index in [2.05, 4.69) is 25.8 Å². The van der Waals surface area contributed by atoms with Crippen LogP contribution in [-0.4, -0.2) is 97.5 Å². The highest BCUT2D eigenvalue weighted by Crippen LogP contribution is 2.40. The van der Waals surface area contributed by atoms with Gasteiger partial charge in [0.1, 0.15) is 41.2 Å². The molecule has 2 atom stereocenters. The average Bonchev–Trinajstić information content (AvgIpc) is 3.42. The van der Waals surface area contributed by atoms with Gasteiger partial charge >= 0.3 is 11.9 Å². The molecule has 10 N–H and O–H groups in total. The van der Waals surface area contributed by atoms with Gasteiger partial charge in [0.05, 0.1) is 20.1 Å². The van der Waals surface area contributed by atoms with Gasteiger partial charge in [-0.3, -0.25) is 14.5 Å². The molecule has 2 aromatic rings. The summed E-state index contributed by atoms with van der Waals surface area (Å²) in [5.41, 5.74) is 10.4. The van der Waals surface area contributed by atoms with Crippen LogP contribution in [0.15, 0.2) is 46.5 Å². The number of thiazole rings is 1. The number of aliphatic carboxylic acids is 2. The number of β-lactam (4-membered cyclic amide) rings is 1. The molecular formula is C26H34N10O7S2+2. The van der Waals surface area contributed by atoms with E-state index in [0.29, 0.717) is 30.2 Å². The van der Waals surface area contributed by atoms with Crippen molar-refractivity contribution in [3.05, 3.63) is 47.0 Å². The van der Waals surface area contributed by atoms with Gasteiger partial charge in [-0.2, -0.15) is 0 Å². The maximum atomic E-state index is 13.3. The molecule has 0 bridgehead atoms. The van der Waals surface area contributed by atoms with Crippen LogP contribution in [0.25, 0.3) is 0 Å². The minimum Gasteiger partial charge on any atom is -0.478 e. The fourth-order valence-corrected chi connectivity index (χ4v) is 6.02. The van der Waals surface area contributed by atoms with E-state index < -0.39 is 46.5 Å². The molecule has 1 fully saturated rings. The fraction of sp³-hybridized carbons (Fsp3) is 0.385. The molecule has 0 radical (unpaired) electrons. The second-order valence-electron chi connectivity index (χ2n) is 10.4. The largest absolute Gasteiger partial charge is 0.478 e. The topological polar surface area (TPSA) is 256 Å². The van der Waals surface area contributed by atoms with Crippen molar-refractivity contribution in [1.82, 2.24) is 20.2 Å². The Bertz CT molecular complexity index is 1590. The number of fused-ring (bicyclic) bond motifs is 1. The predicted octanol–water partition coefficient (Wildman–Crippen LogP) is -1.83. The van der Waals surface area contributed by atoms with Crippen LogP contribution in [0.5, 0.6) is 0 Å². The number of nitrogen functional groups attached to an aromatic ring is 2. The highest BCUT2D eigenvalue weighted by Gasteiger charge is 2.54. The highest BCUT2D eigenvalue weighted by atomic mass is 32.2. The molecule has 19 heteroatoms. The number of hydrogen-bond donors (Lipinski definition) is 7. The number of hydrogen-bond acceptors (Lipinski definition) is 13. The number of aromatic nitrogens is 3. The van der Waals surface area contributed by atoms with Crippen LogP contribution >= 0.6 is 23.1 Å². The number of oxime groups is 1. The van der Waals surface area contributed by atoms with Crippen LogP contribution in [0.3, 0.4) is 0 Å². The smallest absolute Gasteiger partial charge is 0.352 e. The third-order valence-electron chi connectivity index (χ3n) is 6.65. The van der Waals surface area contributed by atoms with E-state index in [1.165, 1.54) is 31.0 Å². The number of amides is 2. The molecule has 0 saturated carbocycles. The molecule has 0 aromatic carbocycles. The van der Waals surface area contributed by atoms with E-state index in [1.807, 2.05) is 12.4 Å². The Labute approximate surface area is 265 Å². The van der Waals surface area contributed by atoms with E-state index in [-0.39, 0.29) is 22.3 Å². The number of carboxylic acids is 2. The maximum absolute atomic E-state index is 13.3. The van der Waals surface area contributed by atoms with Gasteiger partial charge in [-0.05, 0) is 30.5 Å². The quantitative estimate of drug-likeness (QED) is 0.0387. The van der Waals surface area contributed by atoms with Crippen LogP contribution in [0.4, 0.5) is 16.6 Å². The van der Waals surface area contributed by atoms with Gasteiger partial charge < -0.3 is 42.5 Å². The molecule has 45 heavy (non-hydrogen) atoms. The molecule has 2 aliphatic rings. The minimum absolute atomic E-state index is 0.0196. The summed E-state index contributed by atoms with van der Waals surface area (Å²) < 4.78 is 1.78. The van der Waals surface area contributed by atoms with Gasteiger partial charge in [-0.15, -0.1) is 23.1 Å². The lowest BCUT2D eigenvalue weighted by Gasteiger charge is -2.49. The average molecular weight is 663 g/mol.